The molecule has 138 valence electrons. The highest BCUT2D eigenvalue weighted by Crippen LogP contribution is 2.23. The lowest BCUT2D eigenvalue weighted by Crippen LogP contribution is -2.43. The molecule has 7 nitrogen and oxygen atoms in total. The number of hydrogen-bond acceptors (Lipinski definition) is 4. The van der Waals surface area contributed by atoms with Crippen molar-refractivity contribution in [2.24, 2.45) is 0 Å². The molecule has 25 heavy (non-hydrogen) atoms. The summed E-state index contributed by atoms with van der Waals surface area (Å²) in [6.07, 6.45) is -5.11. The van der Waals surface area contributed by atoms with E-state index in [-0.39, 0.29) is 16.5 Å². The number of carbonyl (C=O) groups excluding carboxylic acids is 1. The normalized spacial score (nSPS) is 16.3. The molecule has 0 saturated heterocycles. The minimum absolute atomic E-state index is 0.161. The second-order valence-electron chi connectivity index (χ2n) is 5.61. The third-order valence-corrected chi connectivity index (χ3v) is 4.86. The fourth-order valence-corrected chi connectivity index (χ4v) is 3.32. The molecule has 1 amide bonds. The summed E-state index contributed by atoms with van der Waals surface area (Å²) in [5.74, 6) is -2.95. The summed E-state index contributed by atoms with van der Waals surface area (Å²) in [4.78, 5) is 22.7. The Morgan fingerprint density at radius 3 is 2.44 bits per heavy atom. The lowest BCUT2D eigenvalue weighted by Gasteiger charge is -2.16. The third kappa shape index (κ3) is 5.71. The number of sulfonamides is 1. The van der Waals surface area contributed by atoms with Crippen LogP contribution < -0.4 is 10.0 Å². The lowest BCUT2D eigenvalue weighted by molar-refractivity contribution is -0.157. The predicted octanol–water partition coefficient (Wildman–Crippen LogP) is 1.26. The molecule has 1 unspecified atom stereocenters. The highest BCUT2D eigenvalue weighted by atomic mass is 32.2. The van der Waals surface area contributed by atoms with E-state index in [4.69, 9.17) is 5.11 Å². The van der Waals surface area contributed by atoms with Crippen LogP contribution in [0.5, 0.6) is 0 Å². The molecule has 0 radical (unpaired) electrons. The Bertz CT molecular complexity index is 775. The van der Waals surface area contributed by atoms with Crippen molar-refractivity contribution in [3.05, 3.63) is 29.8 Å². The van der Waals surface area contributed by atoms with Gasteiger partial charge in [0, 0.05) is 11.6 Å². The largest absolute Gasteiger partial charge is 0.480 e. The number of hydrogen-bond donors (Lipinski definition) is 3. The van der Waals surface area contributed by atoms with Gasteiger partial charge < -0.3 is 10.4 Å². The van der Waals surface area contributed by atoms with Gasteiger partial charge in [0.25, 0.3) is 5.91 Å². The molecule has 1 saturated carbocycles. The van der Waals surface area contributed by atoms with Gasteiger partial charge in [0.1, 0.15) is 6.04 Å². The number of halogens is 3. The Labute approximate surface area is 141 Å². The summed E-state index contributed by atoms with van der Waals surface area (Å²) >= 11 is 0. The highest BCUT2D eigenvalue weighted by Gasteiger charge is 2.36. The van der Waals surface area contributed by atoms with Crippen molar-refractivity contribution < 1.29 is 36.3 Å². The SMILES string of the molecule is O=C(NC(CC(F)(F)F)C(=O)O)c1cccc(S(=O)(=O)NC2CC2)c1. The maximum Gasteiger partial charge on any atom is 0.391 e. The predicted molar refractivity (Wildman–Crippen MR) is 79.3 cm³/mol. The highest BCUT2D eigenvalue weighted by molar-refractivity contribution is 7.89. The maximum absolute atomic E-state index is 12.4. The van der Waals surface area contributed by atoms with Crippen LogP contribution in [0.15, 0.2) is 29.2 Å². The van der Waals surface area contributed by atoms with Crippen molar-refractivity contribution in [1.29, 1.82) is 0 Å². The van der Waals surface area contributed by atoms with Crippen LogP contribution in [0.2, 0.25) is 0 Å². The molecule has 1 aliphatic rings. The number of carbonyl (C=O) groups is 2. The molecule has 1 atom stereocenters. The molecule has 0 spiro atoms. The number of nitrogens with one attached hydrogen (secondary N) is 2. The van der Waals surface area contributed by atoms with Crippen LogP contribution >= 0.6 is 0 Å². The van der Waals surface area contributed by atoms with Gasteiger partial charge in [-0.1, -0.05) is 6.07 Å². The van der Waals surface area contributed by atoms with Gasteiger partial charge in [-0.3, -0.25) is 4.79 Å². The first-order chi connectivity index (χ1) is 11.5. The van der Waals surface area contributed by atoms with Gasteiger partial charge in [0.15, 0.2) is 0 Å². The zero-order valence-corrected chi connectivity index (χ0v) is 13.5. The van der Waals surface area contributed by atoms with Crippen LogP contribution in [0.25, 0.3) is 0 Å². The molecule has 3 N–H and O–H groups in total. The molecule has 0 bridgehead atoms. The molecule has 11 heteroatoms. The van der Waals surface area contributed by atoms with Crippen LogP contribution in [0.3, 0.4) is 0 Å². The second-order valence-corrected chi connectivity index (χ2v) is 7.32. The van der Waals surface area contributed by atoms with E-state index in [1.165, 1.54) is 18.2 Å². The average Bonchev–Trinajstić information content (AvgIpc) is 3.28. The zero-order chi connectivity index (χ0) is 18.8. The summed E-state index contributed by atoms with van der Waals surface area (Å²) in [5, 5.41) is 10.5. The Balaban J connectivity index is 2.16. The standard InChI is InChI=1S/C14H15F3N2O5S/c15-14(16,17)7-11(13(21)22)18-12(20)8-2-1-3-10(6-8)25(23,24)19-9-4-5-9/h1-3,6,9,11,19H,4-5,7H2,(H,18,20)(H,21,22). The molecule has 0 aliphatic heterocycles. The first-order valence-corrected chi connectivity index (χ1v) is 8.69. The Kier molecular flexibility index (Phi) is 5.37. The summed E-state index contributed by atoms with van der Waals surface area (Å²) in [5.41, 5.74) is -0.257. The topological polar surface area (TPSA) is 113 Å². The van der Waals surface area contributed by atoms with Crippen molar-refractivity contribution in [3.8, 4) is 0 Å². The van der Waals surface area contributed by atoms with Crippen molar-refractivity contribution >= 4 is 21.9 Å². The van der Waals surface area contributed by atoms with E-state index in [9.17, 15) is 31.2 Å². The monoisotopic (exact) mass is 380 g/mol. The molecule has 2 rings (SSSR count). The van der Waals surface area contributed by atoms with Crippen molar-refractivity contribution in [1.82, 2.24) is 10.0 Å². The molecular weight excluding hydrogens is 365 g/mol. The fourth-order valence-electron chi connectivity index (χ4n) is 1.97. The molecule has 0 heterocycles. The van der Waals surface area contributed by atoms with Crippen LogP contribution in [-0.4, -0.2) is 43.7 Å². The van der Waals surface area contributed by atoms with Gasteiger partial charge in [-0.05, 0) is 31.0 Å². The van der Waals surface area contributed by atoms with E-state index in [0.717, 1.165) is 6.07 Å². The van der Waals surface area contributed by atoms with E-state index in [2.05, 4.69) is 4.72 Å². The van der Waals surface area contributed by atoms with Crippen LogP contribution in [-0.2, 0) is 14.8 Å². The van der Waals surface area contributed by atoms with E-state index < -0.39 is 40.5 Å². The van der Waals surface area contributed by atoms with Gasteiger partial charge in [-0.2, -0.15) is 13.2 Å². The summed E-state index contributed by atoms with van der Waals surface area (Å²) in [6.45, 7) is 0. The van der Waals surface area contributed by atoms with E-state index >= 15 is 0 Å². The number of amides is 1. The summed E-state index contributed by atoms with van der Waals surface area (Å²) in [7, 11) is -3.85. The van der Waals surface area contributed by atoms with Gasteiger partial charge in [0.05, 0.1) is 11.3 Å². The third-order valence-electron chi connectivity index (χ3n) is 3.34. The first kappa shape index (κ1) is 19.2. The van der Waals surface area contributed by atoms with Crippen molar-refractivity contribution in [2.45, 2.75) is 42.4 Å². The molecule has 1 fully saturated rings. The number of carboxylic acids is 1. The first-order valence-electron chi connectivity index (χ1n) is 7.21. The van der Waals surface area contributed by atoms with E-state index in [1.807, 2.05) is 0 Å². The Morgan fingerprint density at radius 2 is 1.92 bits per heavy atom. The number of carboxylic acid groups (broad SMARTS) is 1. The lowest BCUT2D eigenvalue weighted by atomic mass is 10.1. The van der Waals surface area contributed by atoms with Gasteiger partial charge in [-0.25, -0.2) is 17.9 Å². The summed E-state index contributed by atoms with van der Waals surface area (Å²) < 4.78 is 63.7. The van der Waals surface area contributed by atoms with Gasteiger partial charge in [0.2, 0.25) is 10.0 Å². The van der Waals surface area contributed by atoms with Crippen molar-refractivity contribution in [3.63, 3.8) is 0 Å². The molecule has 1 aromatic rings. The van der Waals surface area contributed by atoms with Gasteiger partial charge in [-0.15, -0.1) is 0 Å². The van der Waals surface area contributed by atoms with Crippen LogP contribution in [0.4, 0.5) is 13.2 Å². The van der Waals surface area contributed by atoms with E-state index in [1.54, 1.807) is 5.32 Å². The number of alkyl halides is 3. The number of aliphatic carboxylic acids is 1. The van der Waals surface area contributed by atoms with Crippen molar-refractivity contribution in [2.75, 3.05) is 0 Å². The van der Waals surface area contributed by atoms with Gasteiger partial charge >= 0.3 is 12.1 Å². The fraction of sp³-hybridized carbons (Fsp3) is 0.429. The molecule has 1 aliphatic carbocycles. The summed E-state index contributed by atoms with van der Waals surface area (Å²) in [6, 6.07) is 2.30. The van der Waals surface area contributed by atoms with Crippen LogP contribution in [0.1, 0.15) is 29.6 Å². The van der Waals surface area contributed by atoms with E-state index in [0.29, 0.717) is 12.8 Å². The average molecular weight is 380 g/mol. The Hall–Kier alpha value is -2.14. The number of rotatable bonds is 7. The number of benzene rings is 1. The molecular formula is C14H15F3N2O5S. The van der Waals surface area contributed by atoms with Crippen LogP contribution in [0, 0.1) is 0 Å². The smallest absolute Gasteiger partial charge is 0.391 e. The minimum atomic E-state index is -4.78. The zero-order valence-electron chi connectivity index (χ0n) is 12.7. The molecule has 0 aromatic heterocycles. The minimum Gasteiger partial charge on any atom is -0.480 e. The quantitative estimate of drug-likeness (QED) is 0.659. The molecule has 1 aromatic carbocycles. The maximum atomic E-state index is 12.4. The Morgan fingerprint density at radius 1 is 1.28 bits per heavy atom. The second kappa shape index (κ2) is 7.00.